The monoisotopic (exact) mass is 453 g/mol. The maximum atomic E-state index is 12.4. The quantitative estimate of drug-likeness (QED) is 0.660. The second-order valence-corrected chi connectivity index (χ2v) is 7.23. The van der Waals surface area contributed by atoms with E-state index in [4.69, 9.17) is 4.42 Å². The van der Waals surface area contributed by atoms with Crippen LogP contribution < -0.4 is 10.6 Å². The molecule has 0 spiro atoms. The number of hydrogen-bond acceptors (Lipinski definition) is 4. The van der Waals surface area contributed by atoms with Gasteiger partial charge < -0.3 is 15.1 Å². The minimum Gasteiger partial charge on any atom is -0.467 e. The topological polar surface area (TPSA) is 74.6 Å². The summed E-state index contributed by atoms with van der Waals surface area (Å²) in [5, 5.41) is 5.77. The largest absolute Gasteiger partial charge is 0.467 e. The molecule has 6 nitrogen and oxygen atoms in total. The zero-order valence-corrected chi connectivity index (χ0v) is 15.9. The Morgan fingerprint density at radius 2 is 2.16 bits per heavy atom. The number of carbonyl (C=O) groups excluding carboxylic acids is 2. The lowest BCUT2D eigenvalue weighted by Crippen LogP contribution is -2.45. The van der Waals surface area contributed by atoms with Gasteiger partial charge in [0.15, 0.2) is 0 Å². The summed E-state index contributed by atoms with van der Waals surface area (Å²) in [7, 11) is 0. The molecule has 25 heavy (non-hydrogen) atoms. The predicted molar refractivity (Wildman–Crippen MR) is 103 cm³/mol. The van der Waals surface area contributed by atoms with Crippen LogP contribution in [0.4, 0.5) is 5.69 Å². The molecule has 1 aliphatic heterocycles. The van der Waals surface area contributed by atoms with E-state index in [-0.39, 0.29) is 24.4 Å². The molecular formula is C18H20IN3O3. The zero-order chi connectivity index (χ0) is 17.6. The number of furan rings is 1. The Kier molecular flexibility index (Phi) is 6.09. The van der Waals surface area contributed by atoms with Crippen LogP contribution in [0, 0.1) is 3.57 Å². The van der Waals surface area contributed by atoms with Crippen molar-refractivity contribution < 1.29 is 14.0 Å². The van der Waals surface area contributed by atoms with Gasteiger partial charge in [-0.25, -0.2) is 0 Å². The molecule has 2 N–H and O–H groups in total. The Morgan fingerprint density at radius 3 is 2.92 bits per heavy atom. The first-order chi connectivity index (χ1) is 12.1. The Hall–Kier alpha value is -1.87. The van der Waals surface area contributed by atoms with Gasteiger partial charge >= 0.3 is 0 Å². The fourth-order valence-electron chi connectivity index (χ4n) is 2.97. The molecule has 2 heterocycles. The van der Waals surface area contributed by atoms with Crippen LogP contribution in [-0.2, 0) is 16.1 Å². The number of hydrogen-bond donors (Lipinski definition) is 2. The third-order valence-electron chi connectivity index (χ3n) is 4.14. The number of rotatable bonds is 6. The van der Waals surface area contributed by atoms with Crippen LogP contribution >= 0.6 is 22.6 Å². The van der Waals surface area contributed by atoms with Crippen molar-refractivity contribution in [3.05, 3.63) is 52.0 Å². The molecular weight excluding hydrogens is 433 g/mol. The van der Waals surface area contributed by atoms with Crippen molar-refractivity contribution in [1.29, 1.82) is 0 Å². The molecule has 1 fully saturated rings. The summed E-state index contributed by atoms with van der Waals surface area (Å²) in [4.78, 5) is 26.6. The lowest BCUT2D eigenvalue weighted by Gasteiger charge is -2.23. The first-order valence-corrected chi connectivity index (χ1v) is 9.29. The molecule has 1 atom stereocenters. The van der Waals surface area contributed by atoms with Crippen molar-refractivity contribution in [2.75, 3.05) is 18.4 Å². The first-order valence-electron chi connectivity index (χ1n) is 8.21. The number of benzene rings is 1. The van der Waals surface area contributed by atoms with E-state index < -0.39 is 0 Å². The first kappa shape index (κ1) is 17.9. The van der Waals surface area contributed by atoms with Crippen LogP contribution in [0.25, 0.3) is 0 Å². The molecule has 0 aliphatic carbocycles. The normalized spacial score (nSPS) is 17.4. The SMILES string of the molecule is O=C(CN1CCCC1C(=O)NCc1ccco1)Nc1cccc(I)c1. The summed E-state index contributed by atoms with van der Waals surface area (Å²) in [5.41, 5.74) is 0.773. The summed E-state index contributed by atoms with van der Waals surface area (Å²) in [6, 6.07) is 11.0. The zero-order valence-electron chi connectivity index (χ0n) is 13.7. The summed E-state index contributed by atoms with van der Waals surface area (Å²) < 4.78 is 6.28. The molecule has 1 saturated heterocycles. The smallest absolute Gasteiger partial charge is 0.238 e. The molecule has 1 aliphatic rings. The highest BCUT2D eigenvalue weighted by Gasteiger charge is 2.31. The van der Waals surface area contributed by atoms with Gasteiger partial charge in [-0.15, -0.1) is 0 Å². The van der Waals surface area contributed by atoms with E-state index in [0.29, 0.717) is 12.3 Å². The maximum absolute atomic E-state index is 12.4. The summed E-state index contributed by atoms with van der Waals surface area (Å²) in [6.45, 7) is 1.33. The molecule has 2 aromatic rings. The molecule has 132 valence electrons. The molecule has 7 heteroatoms. The predicted octanol–water partition coefficient (Wildman–Crippen LogP) is 2.60. The summed E-state index contributed by atoms with van der Waals surface area (Å²) in [6.07, 6.45) is 3.26. The number of nitrogens with zero attached hydrogens (tertiary/aromatic N) is 1. The van der Waals surface area contributed by atoms with Crippen LogP contribution in [0.2, 0.25) is 0 Å². The van der Waals surface area contributed by atoms with Gasteiger partial charge in [0.25, 0.3) is 0 Å². The number of anilines is 1. The Morgan fingerprint density at radius 1 is 1.28 bits per heavy atom. The van der Waals surface area contributed by atoms with Crippen molar-refractivity contribution in [3.63, 3.8) is 0 Å². The van der Waals surface area contributed by atoms with Crippen LogP contribution in [0.1, 0.15) is 18.6 Å². The number of carbonyl (C=O) groups is 2. The van der Waals surface area contributed by atoms with E-state index in [0.717, 1.165) is 28.6 Å². The Bertz CT molecular complexity index is 733. The number of likely N-dealkylation sites (tertiary alicyclic amines) is 1. The molecule has 2 amide bonds. The second kappa shape index (κ2) is 8.48. The van der Waals surface area contributed by atoms with Gasteiger partial charge in [-0.1, -0.05) is 6.07 Å². The Balaban J connectivity index is 1.52. The molecule has 1 unspecified atom stereocenters. The van der Waals surface area contributed by atoms with Gasteiger partial charge in [-0.2, -0.15) is 0 Å². The van der Waals surface area contributed by atoms with Crippen LogP contribution in [-0.4, -0.2) is 35.8 Å². The number of amides is 2. The molecule has 1 aromatic carbocycles. The number of halogens is 1. The van der Waals surface area contributed by atoms with E-state index in [1.165, 1.54) is 0 Å². The number of nitrogens with one attached hydrogen (secondary N) is 2. The van der Waals surface area contributed by atoms with Gasteiger partial charge in [-0.3, -0.25) is 14.5 Å². The van der Waals surface area contributed by atoms with Crippen LogP contribution in [0.5, 0.6) is 0 Å². The summed E-state index contributed by atoms with van der Waals surface area (Å²) in [5.74, 6) is 0.554. The van der Waals surface area contributed by atoms with Crippen molar-refractivity contribution in [2.24, 2.45) is 0 Å². The van der Waals surface area contributed by atoms with E-state index in [2.05, 4.69) is 33.2 Å². The third-order valence-corrected chi connectivity index (χ3v) is 4.81. The average Bonchev–Trinajstić information content (AvgIpc) is 3.24. The highest BCUT2D eigenvalue weighted by atomic mass is 127. The molecule has 0 saturated carbocycles. The second-order valence-electron chi connectivity index (χ2n) is 5.98. The minimum absolute atomic E-state index is 0.0593. The van der Waals surface area contributed by atoms with Crippen molar-refractivity contribution in [3.8, 4) is 0 Å². The highest BCUT2D eigenvalue weighted by Crippen LogP contribution is 2.18. The third kappa shape index (κ3) is 5.05. The standard InChI is InChI=1S/C18H20IN3O3/c19-13-4-1-5-14(10-13)21-17(23)12-22-8-2-7-16(22)18(24)20-11-15-6-3-9-25-15/h1,3-6,9-10,16H,2,7-8,11-12H2,(H,20,24)(H,21,23). The van der Waals surface area contributed by atoms with Crippen molar-refractivity contribution >= 4 is 40.1 Å². The molecule has 3 rings (SSSR count). The Labute approximate surface area is 160 Å². The fourth-order valence-corrected chi connectivity index (χ4v) is 3.51. The van der Waals surface area contributed by atoms with E-state index in [9.17, 15) is 9.59 Å². The van der Waals surface area contributed by atoms with Crippen LogP contribution in [0.3, 0.4) is 0 Å². The van der Waals surface area contributed by atoms with Gasteiger partial charge in [0.05, 0.1) is 25.4 Å². The van der Waals surface area contributed by atoms with Gasteiger partial charge in [0, 0.05) is 9.26 Å². The van der Waals surface area contributed by atoms with Gasteiger partial charge in [0.1, 0.15) is 5.76 Å². The lowest BCUT2D eigenvalue weighted by molar-refractivity contribution is -0.126. The lowest BCUT2D eigenvalue weighted by atomic mass is 10.2. The molecule has 1 aromatic heterocycles. The molecule has 0 radical (unpaired) electrons. The summed E-state index contributed by atoms with van der Waals surface area (Å²) >= 11 is 2.21. The minimum atomic E-state index is -0.267. The highest BCUT2D eigenvalue weighted by molar-refractivity contribution is 14.1. The van der Waals surface area contributed by atoms with Gasteiger partial charge in [0.2, 0.25) is 11.8 Å². The van der Waals surface area contributed by atoms with Crippen molar-refractivity contribution in [1.82, 2.24) is 10.2 Å². The maximum Gasteiger partial charge on any atom is 0.238 e. The van der Waals surface area contributed by atoms with Crippen molar-refractivity contribution in [2.45, 2.75) is 25.4 Å². The molecule has 0 bridgehead atoms. The fraction of sp³-hybridized carbons (Fsp3) is 0.333. The van der Waals surface area contributed by atoms with E-state index in [1.807, 2.05) is 35.2 Å². The van der Waals surface area contributed by atoms with E-state index in [1.54, 1.807) is 12.3 Å². The van der Waals surface area contributed by atoms with Gasteiger partial charge in [-0.05, 0) is 72.3 Å². The van der Waals surface area contributed by atoms with Crippen LogP contribution in [0.15, 0.2) is 47.1 Å². The average molecular weight is 453 g/mol. The van der Waals surface area contributed by atoms with E-state index >= 15 is 0 Å².